The normalized spacial score (nSPS) is 14.5. The highest BCUT2D eigenvalue weighted by atomic mass is 16.4. The Kier molecular flexibility index (Phi) is 7.30. The lowest BCUT2D eigenvalue weighted by atomic mass is 9.86. The second kappa shape index (κ2) is 10.5. The predicted molar refractivity (Wildman–Crippen MR) is 125 cm³/mol. The first-order valence-corrected chi connectivity index (χ1v) is 11.8. The predicted octanol–water partition coefficient (Wildman–Crippen LogP) is 5.55. The lowest BCUT2D eigenvalue weighted by Crippen LogP contribution is -2.08. The number of carbonyl (C=O) groups is 1. The number of rotatable bonds is 9. The molecule has 2 heterocycles. The van der Waals surface area contributed by atoms with Crippen LogP contribution in [0, 0.1) is 5.92 Å². The zero-order valence-electron chi connectivity index (χ0n) is 18.8. The number of hydrogen-bond acceptors (Lipinski definition) is 4. The van der Waals surface area contributed by atoms with Gasteiger partial charge in [-0.3, -0.25) is 0 Å². The molecule has 0 amide bonds. The number of nitrogens with zero attached hydrogens (tertiary/aromatic N) is 4. The topological polar surface area (TPSA) is 80.9 Å². The van der Waals surface area contributed by atoms with Crippen LogP contribution in [-0.4, -0.2) is 30.8 Å². The fourth-order valence-electron chi connectivity index (χ4n) is 4.66. The first-order valence-electron chi connectivity index (χ1n) is 11.8. The summed E-state index contributed by atoms with van der Waals surface area (Å²) in [6.45, 7) is 3.04. The van der Waals surface area contributed by atoms with E-state index < -0.39 is 5.97 Å². The highest BCUT2D eigenvalue weighted by molar-refractivity contribution is 5.93. The maximum atomic E-state index is 11.5. The Labute approximate surface area is 189 Å². The van der Waals surface area contributed by atoms with Crippen LogP contribution in [0.4, 0.5) is 0 Å². The minimum absolute atomic E-state index is 0.0746. The molecule has 168 valence electrons. The van der Waals surface area contributed by atoms with Gasteiger partial charge < -0.3 is 5.11 Å². The van der Waals surface area contributed by atoms with Gasteiger partial charge in [0.2, 0.25) is 0 Å². The van der Waals surface area contributed by atoms with Gasteiger partial charge in [0.25, 0.3) is 0 Å². The van der Waals surface area contributed by atoms with Crippen LogP contribution < -0.4 is 0 Å². The zero-order valence-corrected chi connectivity index (χ0v) is 18.8. The summed E-state index contributed by atoms with van der Waals surface area (Å²) >= 11 is 0. The van der Waals surface area contributed by atoms with Crippen molar-refractivity contribution in [1.82, 2.24) is 19.7 Å². The van der Waals surface area contributed by atoms with E-state index in [0.29, 0.717) is 5.56 Å². The molecule has 0 atom stereocenters. The fraction of sp³-hybridized carbons (Fsp3) is 0.462. The molecule has 6 nitrogen and oxygen atoms in total. The zero-order chi connectivity index (χ0) is 22.3. The average Bonchev–Trinajstić information content (AvgIpc) is 3.20. The number of pyridine rings is 1. The standard InChI is InChI=1S/C26H32N4O2/c1-2-17-30-24(28-23(29-30)15-12-19-7-4-3-5-8-19)18-20-10-13-21(14-11-20)22-9-6-16-27-25(22)26(31)32/h6,9-11,13-14,16,19H,2-5,7-8,12,15,17-18H2,1H3,(H,31,32). The van der Waals surface area contributed by atoms with Gasteiger partial charge in [-0.15, -0.1) is 0 Å². The van der Waals surface area contributed by atoms with E-state index >= 15 is 0 Å². The van der Waals surface area contributed by atoms with Gasteiger partial charge in [-0.2, -0.15) is 5.10 Å². The van der Waals surface area contributed by atoms with E-state index in [-0.39, 0.29) is 5.69 Å². The molecule has 0 spiro atoms. The monoisotopic (exact) mass is 432 g/mol. The molecule has 1 aliphatic carbocycles. The Morgan fingerprint density at radius 2 is 1.91 bits per heavy atom. The molecule has 0 bridgehead atoms. The van der Waals surface area contributed by atoms with E-state index in [2.05, 4.69) is 16.6 Å². The second-order valence-electron chi connectivity index (χ2n) is 8.79. The molecule has 0 aliphatic heterocycles. The van der Waals surface area contributed by atoms with E-state index in [9.17, 15) is 9.90 Å². The number of aryl methyl sites for hydroxylation is 2. The summed E-state index contributed by atoms with van der Waals surface area (Å²) in [7, 11) is 0. The molecule has 3 aromatic rings. The lowest BCUT2D eigenvalue weighted by Gasteiger charge is -2.20. The maximum absolute atomic E-state index is 11.5. The van der Waals surface area contributed by atoms with Gasteiger partial charge in [-0.05, 0) is 36.0 Å². The van der Waals surface area contributed by atoms with Gasteiger partial charge in [0.15, 0.2) is 11.5 Å². The summed E-state index contributed by atoms with van der Waals surface area (Å²) in [4.78, 5) is 20.4. The van der Waals surface area contributed by atoms with Crippen molar-refractivity contribution in [3.05, 3.63) is 65.5 Å². The quantitative estimate of drug-likeness (QED) is 0.479. The summed E-state index contributed by atoms with van der Waals surface area (Å²) in [5.74, 6) is 1.79. The Bertz CT molecular complexity index is 1040. The second-order valence-corrected chi connectivity index (χ2v) is 8.79. The number of hydrogen-bond donors (Lipinski definition) is 1. The van der Waals surface area contributed by atoms with Gasteiger partial charge in [0, 0.05) is 31.1 Å². The van der Waals surface area contributed by atoms with Crippen molar-refractivity contribution in [1.29, 1.82) is 0 Å². The molecule has 32 heavy (non-hydrogen) atoms. The number of aromatic nitrogens is 4. The first-order chi connectivity index (χ1) is 15.6. The van der Waals surface area contributed by atoms with Crippen LogP contribution in [0.2, 0.25) is 0 Å². The van der Waals surface area contributed by atoms with Crippen molar-refractivity contribution in [2.75, 3.05) is 0 Å². The van der Waals surface area contributed by atoms with E-state index in [1.54, 1.807) is 12.1 Å². The van der Waals surface area contributed by atoms with Crippen molar-refractivity contribution >= 4 is 5.97 Å². The van der Waals surface area contributed by atoms with Gasteiger partial charge in [0.05, 0.1) is 0 Å². The Morgan fingerprint density at radius 3 is 2.62 bits per heavy atom. The van der Waals surface area contributed by atoms with Crippen LogP contribution in [0.15, 0.2) is 42.6 Å². The minimum atomic E-state index is -1.02. The summed E-state index contributed by atoms with van der Waals surface area (Å²) in [6, 6.07) is 11.6. The minimum Gasteiger partial charge on any atom is -0.476 e. The van der Waals surface area contributed by atoms with Crippen molar-refractivity contribution in [2.45, 2.75) is 71.3 Å². The number of aromatic carboxylic acids is 1. The molecule has 0 unspecified atom stereocenters. The molecule has 1 saturated carbocycles. The SMILES string of the molecule is CCCn1nc(CCC2CCCCC2)nc1Cc1ccc(-c2cccnc2C(=O)O)cc1. The summed E-state index contributed by atoms with van der Waals surface area (Å²) < 4.78 is 2.06. The van der Waals surface area contributed by atoms with Crippen LogP contribution >= 0.6 is 0 Å². The molecule has 2 aromatic heterocycles. The Balaban J connectivity index is 1.47. The summed E-state index contributed by atoms with van der Waals surface area (Å²) in [5, 5.41) is 14.2. The van der Waals surface area contributed by atoms with Gasteiger partial charge in [0.1, 0.15) is 5.82 Å². The molecule has 1 N–H and O–H groups in total. The van der Waals surface area contributed by atoms with Crippen LogP contribution in [0.3, 0.4) is 0 Å². The molecule has 6 heteroatoms. The largest absolute Gasteiger partial charge is 0.476 e. The average molecular weight is 433 g/mol. The van der Waals surface area contributed by atoms with Crippen LogP contribution in [-0.2, 0) is 19.4 Å². The van der Waals surface area contributed by atoms with Crippen molar-refractivity contribution < 1.29 is 9.90 Å². The summed E-state index contributed by atoms with van der Waals surface area (Å²) in [5.41, 5.74) is 2.69. The molecule has 0 saturated heterocycles. The van der Waals surface area contributed by atoms with E-state index in [1.165, 1.54) is 44.7 Å². The fourth-order valence-corrected chi connectivity index (χ4v) is 4.66. The van der Waals surface area contributed by atoms with Gasteiger partial charge in [-0.1, -0.05) is 69.4 Å². The molecule has 1 fully saturated rings. The maximum Gasteiger partial charge on any atom is 0.355 e. The number of carboxylic acids is 1. The molecular formula is C26H32N4O2. The van der Waals surface area contributed by atoms with E-state index in [0.717, 1.165) is 54.5 Å². The third-order valence-corrected chi connectivity index (χ3v) is 6.37. The van der Waals surface area contributed by atoms with Crippen LogP contribution in [0.5, 0.6) is 0 Å². The smallest absolute Gasteiger partial charge is 0.355 e. The van der Waals surface area contributed by atoms with Crippen molar-refractivity contribution in [3.8, 4) is 11.1 Å². The molecule has 4 rings (SSSR count). The Hall–Kier alpha value is -3.02. The van der Waals surface area contributed by atoms with E-state index in [4.69, 9.17) is 10.1 Å². The highest BCUT2D eigenvalue weighted by Gasteiger charge is 2.17. The summed E-state index contributed by atoms with van der Waals surface area (Å²) in [6.07, 6.45) is 12.3. The highest BCUT2D eigenvalue weighted by Crippen LogP contribution is 2.27. The third kappa shape index (κ3) is 5.42. The van der Waals surface area contributed by atoms with Crippen molar-refractivity contribution in [2.24, 2.45) is 5.92 Å². The van der Waals surface area contributed by atoms with Crippen molar-refractivity contribution in [3.63, 3.8) is 0 Å². The third-order valence-electron chi connectivity index (χ3n) is 6.37. The number of carboxylic acid groups (broad SMARTS) is 1. The molecule has 1 aromatic carbocycles. The molecule has 0 radical (unpaired) electrons. The Morgan fingerprint density at radius 1 is 1.12 bits per heavy atom. The first kappa shape index (κ1) is 22.2. The molecule has 1 aliphatic rings. The van der Waals surface area contributed by atoms with Crippen LogP contribution in [0.25, 0.3) is 11.1 Å². The lowest BCUT2D eigenvalue weighted by molar-refractivity contribution is 0.0691. The van der Waals surface area contributed by atoms with E-state index in [1.807, 2.05) is 24.3 Å². The van der Waals surface area contributed by atoms with Crippen LogP contribution in [0.1, 0.15) is 79.6 Å². The van der Waals surface area contributed by atoms with Gasteiger partial charge in [-0.25, -0.2) is 19.4 Å². The molecular weight excluding hydrogens is 400 g/mol. The number of benzene rings is 1. The van der Waals surface area contributed by atoms with Gasteiger partial charge >= 0.3 is 5.97 Å².